The molecule has 0 saturated heterocycles. The van der Waals surface area contributed by atoms with Gasteiger partial charge in [0, 0.05) is 6.04 Å². The van der Waals surface area contributed by atoms with Crippen LogP contribution in [0.1, 0.15) is 51.8 Å². The van der Waals surface area contributed by atoms with Crippen molar-refractivity contribution in [2.45, 2.75) is 46.1 Å². The Bertz CT molecular complexity index is 377. The van der Waals surface area contributed by atoms with Gasteiger partial charge in [-0.25, -0.2) is 0 Å². The third-order valence-electron chi connectivity index (χ3n) is 3.13. The predicted molar refractivity (Wildman–Crippen MR) is 73.5 cm³/mol. The van der Waals surface area contributed by atoms with E-state index in [1.807, 2.05) is 6.07 Å². The Morgan fingerprint density at radius 3 is 2.18 bits per heavy atom. The Kier molecular flexibility index (Phi) is 4.21. The van der Waals surface area contributed by atoms with E-state index in [2.05, 4.69) is 46.8 Å². The van der Waals surface area contributed by atoms with Crippen LogP contribution in [0.25, 0.3) is 0 Å². The Morgan fingerprint density at radius 2 is 1.76 bits per heavy atom. The largest absolute Gasteiger partial charge is 0.496 e. The first kappa shape index (κ1) is 14.0. The molecule has 1 unspecified atom stereocenters. The molecule has 2 N–H and O–H groups in total. The average molecular weight is 235 g/mol. The van der Waals surface area contributed by atoms with Crippen LogP contribution >= 0.6 is 0 Å². The predicted octanol–water partition coefficient (Wildman–Crippen LogP) is 3.65. The summed E-state index contributed by atoms with van der Waals surface area (Å²) in [6, 6.07) is 6.36. The quantitative estimate of drug-likeness (QED) is 0.868. The molecule has 0 aliphatic heterocycles. The maximum absolute atomic E-state index is 6.20. The van der Waals surface area contributed by atoms with Crippen molar-refractivity contribution in [1.29, 1.82) is 0 Å². The minimum atomic E-state index is 0.0675. The zero-order chi connectivity index (χ0) is 13.2. The number of rotatable bonds is 3. The number of ether oxygens (including phenoxy) is 1. The van der Waals surface area contributed by atoms with Crippen molar-refractivity contribution in [2.75, 3.05) is 7.11 Å². The first-order valence-corrected chi connectivity index (χ1v) is 6.21. The van der Waals surface area contributed by atoms with E-state index >= 15 is 0 Å². The highest BCUT2D eigenvalue weighted by molar-refractivity contribution is 5.42. The van der Waals surface area contributed by atoms with Gasteiger partial charge in [-0.2, -0.15) is 0 Å². The molecule has 2 nitrogen and oxygen atoms in total. The third-order valence-corrected chi connectivity index (χ3v) is 3.13. The zero-order valence-corrected chi connectivity index (χ0v) is 11.9. The molecule has 0 saturated carbocycles. The van der Waals surface area contributed by atoms with E-state index < -0.39 is 0 Å². The van der Waals surface area contributed by atoms with Gasteiger partial charge in [-0.15, -0.1) is 0 Å². The van der Waals surface area contributed by atoms with Crippen molar-refractivity contribution < 1.29 is 4.74 Å². The van der Waals surface area contributed by atoms with Gasteiger partial charge in [0.25, 0.3) is 0 Å². The van der Waals surface area contributed by atoms with Crippen LogP contribution in [0.15, 0.2) is 18.2 Å². The molecule has 96 valence electrons. The van der Waals surface area contributed by atoms with Gasteiger partial charge in [-0.3, -0.25) is 0 Å². The Balaban J connectivity index is 3.23. The molecule has 1 aromatic rings. The first-order valence-electron chi connectivity index (χ1n) is 6.21. The fourth-order valence-electron chi connectivity index (χ4n) is 1.90. The van der Waals surface area contributed by atoms with Crippen LogP contribution in [0.5, 0.6) is 5.75 Å². The summed E-state index contributed by atoms with van der Waals surface area (Å²) < 4.78 is 5.43. The minimum Gasteiger partial charge on any atom is -0.496 e. The van der Waals surface area contributed by atoms with E-state index in [-0.39, 0.29) is 11.5 Å². The van der Waals surface area contributed by atoms with Crippen molar-refractivity contribution in [2.24, 2.45) is 11.7 Å². The summed E-state index contributed by atoms with van der Waals surface area (Å²) in [6.07, 6.45) is 0. The minimum absolute atomic E-state index is 0.0675. The van der Waals surface area contributed by atoms with Crippen LogP contribution in [0, 0.1) is 5.92 Å². The van der Waals surface area contributed by atoms with Gasteiger partial charge >= 0.3 is 0 Å². The second-order valence-corrected chi connectivity index (χ2v) is 5.98. The van der Waals surface area contributed by atoms with Gasteiger partial charge < -0.3 is 10.5 Å². The molecule has 0 spiro atoms. The summed E-state index contributed by atoms with van der Waals surface area (Å²) >= 11 is 0. The van der Waals surface area contributed by atoms with Gasteiger partial charge in [-0.05, 0) is 28.5 Å². The smallest absolute Gasteiger partial charge is 0.122 e. The van der Waals surface area contributed by atoms with Gasteiger partial charge in [0.1, 0.15) is 5.75 Å². The number of benzene rings is 1. The summed E-state index contributed by atoms with van der Waals surface area (Å²) in [5, 5.41) is 0. The van der Waals surface area contributed by atoms with E-state index in [1.54, 1.807) is 7.11 Å². The lowest BCUT2D eigenvalue weighted by molar-refractivity contribution is 0.396. The highest BCUT2D eigenvalue weighted by Crippen LogP contribution is 2.34. The standard InChI is InChI=1S/C15H25NO/c1-10(2)14(16)11-7-8-13(17-6)12(9-11)15(3,4)5/h7-10,14H,16H2,1-6H3. The molecule has 0 radical (unpaired) electrons. The Labute approximate surface area is 105 Å². The van der Waals surface area contributed by atoms with E-state index in [1.165, 1.54) is 11.1 Å². The highest BCUT2D eigenvalue weighted by atomic mass is 16.5. The number of nitrogens with two attached hydrogens (primary N) is 1. The summed E-state index contributed by atoms with van der Waals surface area (Å²) in [7, 11) is 1.71. The average Bonchev–Trinajstić information content (AvgIpc) is 2.25. The molecule has 1 aromatic carbocycles. The Morgan fingerprint density at radius 1 is 1.18 bits per heavy atom. The van der Waals surface area contributed by atoms with Crippen molar-refractivity contribution in [3.8, 4) is 5.75 Å². The first-order chi connectivity index (χ1) is 7.77. The highest BCUT2D eigenvalue weighted by Gasteiger charge is 2.21. The summed E-state index contributed by atoms with van der Waals surface area (Å²) in [6.45, 7) is 10.9. The molecule has 0 heterocycles. The normalized spacial score (nSPS) is 13.9. The summed E-state index contributed by atoms with van der Waals surface area (Å²) in [4.78, 5) is 0. The molecule has 0 aromatic heterocycles. The summed E-state index contributed by atoms with van der Waals surface area (Å²) in [5.41, 5.74) is 8.67. The molecule has 17 heavy (non-hydrogen) atoms. The lowest BCUT2D eigenvalue weighted by Crippen LogP contribution is -2.19. The molecule has 1 rings (SSSR count). The van der Waals surface area contributed by atoms with Crippen molar-refractivity contribution >= 4 is 0 Å². The lowest BCUT2D eigenvalue weighted by atomic mass is 9.83. The molecule has 0 aliphatic rings. The number of hydrogen-bond donors (Lipinski definition) is 1. The second-order valence-electron chi connectivity index (χ2n) is 5.98. The van der Waals surface area contributed by atoms with Gasteiger partial charge in [0.2, 0.25) is 0 Å². The second kappa shape index (κ2) is 5.09. The molecular weight excluding hydrogens is 210 g/mol. The van der Waals surface area contributed by atoms with E-state index in [0.717, 1.165) is 5.75 Å². The van der Waals surface area contributed by atoms with Crippen molar-refractivity contribution in [1.82, 2.24) is 0 Å². The molecule has 0 aliphatic carbocycles. The van der Waals surface area contributed by atoms with Crippen LogP contribution in [-0.4, -0.2) is 7.11 Å². The fourth-order valence-corrected chi connectivity index (χ4v) is 1.90. The fraction of sp³-hybridized carbons (Fsp3) is 0.600. The Hall–Kier alpha value is -1.02. The van der Waals surface area contributed by atoms with Gasteiger partial charge in [0.15, 0.2) is 0 Å². The monoisotopic (exact) mass is 235 g/mol. The van der Waals surface area contributed by atoms with Crippen LogP contribution < -0.4 is 10.5 Å². The van der Waals surface area contributed by atoms with Crippen LogP contribution in [0.2, 0.25) is 0 Å². The maximum atomic E-state index is 6.20. The van der Waals surface area contributed by atoms with Crippen molar-refractivity contribution in [3.05, 3.63) is 29.3 Å². The van der Waals surface area contributed by atoms with Gasteiger partial charge in [-0.1, -0.05) is 46.8 Å². The molecule has 0 bridgehead atoms. The van der Waals surface area contributed by atoms with E-state index in [4.69, 9.17) is 10.5 Å². The molecular formula is C15H25NO. The summed E-state index contributed by atoms with van der Waals surface area (Å²) in [5.74, 6) is 1.38. The molecule has 1 atom stereocenters. The maximum Gasteiger partial charge on any atom is 0.122 e. The van der Waals surface area contributed by atoms with Crippen LogP contribution in [0.4, 0.5) is 0 Å². The molecule has 2 heteroatoms. The van der Waals surface area contributed by atoms with Gasteiger partial charge in [0.05, 0.1) is 7.11 Å². The lowest BCUT2D eigenvalue weighted by Gasteiger charge is -2.25. The SMILES string of the molecule is COc1ccc(C(N)C(C)C)cc1C(C)(C)C. The van der Waals surface area contributed by atoms with E-state index in [0.29, 0.717) is 5.92 Å². The van der Waals surface area contributed by atoms with Crippen LogP contribution in [0.3, 0.4) is 0 Å². The number of methoxy groups -OCH3 is 1. The van der Waals surface area contributed by atoms with E-state index in [9.17, 15) is 0 Å². The zero-order valence-electron chi connectivity index (χ0n) is 11.9. The topological polar surface area (TPSA) is 35.2 Å². The molecule has 0 amide bonds. The van der Waals surface area contributed by atoms with Crippen LogP contribution in [-0.2, 0) is 5.41 Å². The molecule has 0 fully saturated rings. The van der Waals surface area contributed by atoms with Crippen molar-refractivity contribution in [3.63, 3.8) is 0 Å². The number of hydrogen-bond acceptors (Lipinski definition) is 2. The third kappa shape index (κ3) is 3.22.